The van der Waals surface area contributed by atoms with E-state index in [-0.39, 0.29) is 11.8 Å². The zero-order valence-electron chi connectivity index (χ0n) is 13.9. The Morgan fingerprint density at radius 3 is 2.72 bits per heavy atom. The maximum atomic E-state index is 13.0. The van der Waals surface area contributed by atoms with E-state index in [1.165, 1.54) is 12.1 Å². The van der Waals surface area contributed by atoms with Crippen LogP contribution in [0.15, 0.2) is 48.7 Å². The number of nitrogens with one attached hydrogen (secondary N) is 1. The third-order valence-electron chi connectivity index (χ3n) is 3.98. The lowest BCUT2D eigenvalue weighted by Gasteiger charge is -2.35. The van der Waals surface area contributed by atoms with Gasteiger partial charge in [0.15, 0.2) is 0 Å². The van der Waals surface area contributed by atoms with Crippen molar-refractivity contribution < 1.29 is 13.9 Å². The number of aromatic nitrogens is 1. The Bertz CT molecular complexity index is 690. The maximum absolute atomic E-state index is 13.0. The Morgan fingerprint density at radius 1 is 1.16 bits per heavy atom. The summed E-state index contributed by atoms with van der Waals surface area (Å²) in [4.78, 5) is 20.4. The van der Waals surface area contributed by atoms with Gasteiger partial charge < -0.3 is 19.9 Å². The van der Waals surface area contributed by atoms with E-state index >= 15 is 0 Å². The first-order valence-electron chi connectivity index (χ1n) is 8.29. The van der Waals surface area contributed by atoms with Crippen LogP contribution in [0.4, 0.5) is 15.0 Å². The van der Waals surface area contributed by atoms with Crippen molar-refractivity contribution in [1.29, 1.82) is 0 Å². The molecule has 0 radical (unpaired) electrons. The molecule has 25 heavy (non-hydrogen) atoms. The molecule has 0 unspecified atom stereocenters. The van der Waals surface area contributed by atoms with Crippen LogP contribution in [0.1, 0.15) is 0 Å². The molecule has 0 bridgehead atoms. The highest BCUT2D eigenvalue weighted by Crippen LogP contribution is 2.13. The number of benzene rings is 1. The number of urea groups is 1. The normalized spacial score (nSPS) is 14.3. The van der Waals surface area contributed by atoms with Gasteiger partial charge in [0, 0.05) is 38.4 Å². The van der Waals surface area contributed by atoms with Gasteiger partial charge in [0.2, 0.25) is 0 Å². The van der Waals surface area contributed by atoms with E-state index in [2.05, 4.69) is 15.2 Å². The first kappa shape index (κ1) is 17.0. The van der Waals surface area contributed by atoms with Crippen LogP contribution in [-0.2, 0) is 0 Å². The molecule has 1 aliphatic heterocycles. The summed E-state index contributed by atoms with van der Waals surface area (Å²) in [5.74, 6) is 1.05. The average Bonchev–Trinajstić information content (AvgIpc) is 2.66. The molecule has 2 heterocycles. The number of nitrogens with zero attached hydrogens (tertiary/aromatic N) is 3. The van der Waals surface area contributed by atoms with Gasteiger partial charge >= 0.3 is 6.03 Å². The van der Waals surface area contributed by atoms with Gasteiger partial charge in [-0.05, 0) is 24.3 Å². The second kappa shape index (κ2) is 8.32. The van der Waals surface area contributed by atoms with Crippen molar-refractivity contribution in [3.63, 3.8) is 0 Å². The third kappa shape index (κ3) is 4.82. The fraction of sp³-hybridized carbons (Fsp3) is 0.333. The highest BCUT2D eigenvalue weighted by Gasteiger charge is 2.21. The molecule has 1 saturated heterocycles. The average molecular weight is 344 g/mol. The SMILES string of the molecule is O=C(NCCOc1cccc(F)c1)N1CCN(c2ccccn2)CC1. The summed E-state index contributed by atoms with van der Waals surface area (Å²) in [5, 5.41) is 2.83. The molecule has 2 aromatic rings. The van der Waals surface area contributed by atoms with Crippen molar-refractivity contribution in [1.82, 2.24) is 15.2 Å². The minimum atomic E-state index is -0.340. The Kier molecular flexibility index (Phi) is 5.66. The molecule has 2 amide bonds. The molecule has 132 valence electrons. The number of pyridine rings is 1. The number of hydrogen-bond donors (Lipinski definition) is 1. The van der Waals surface area contributed by atoms with Crippen LogP contribution in [0.3, 0.4) is 0 Å². The summed E-state index contributed by atoms with van der Waals surface area (Å²) in [6.07, 6.45) is 1.77. The second-order valence-electron chi connectivity index (χ2n) is 5.70. The molecular formula is C18H21FN4O2. The number of amides is 2. The molecule has 1 aromatic heterocycles. The standard InChI is InChI=1S/C18H21FN4O2/c19-15-4-3-5-16(14-15)25-13-8-21-18(24)23-11-9-22(10-12-23)17-6-1-2-7-20-17/h1-7,14H,8-13H2,(H,21,24). The van der Waals surface area contributed by atoms with Crippen LogP contribution in [-0.4, -0.2) is 55.2 Å². The first-order valence-corrected chi connectivity index (χ1v) is 8.29. The molecule has 0 spiro atoms. The number of ether oxygens (including phenoxy) is 1. The Morgan fingerprint density at radius 2 is 2.00 bits per heavy atom. The topological polar surface area (TPSA) is 57.7 Å². The van der Waals surface area contributed by atoms with Crippen LogP contribution < -0.4 is 15.0 Å². The van der Waals surface area contributed by atoms with Gasteiger partial charge in [-0.2, -0.15) is 0 Å². The zero-order valence-corrected chi connectivity index (χ0v) is 13.9. The molecule has 7 heteroatoms. The molecule has 1 N–H and O–H groups in total. The molecule has 1 fully saturated rings. The lowest BCUT2D eigenvalue weighted by atomic mass is 10.3. The van der Waals surface area contributed by atoms with Crippen molar-refractivity contribution in [2.75, 3.05) is 44.2 Å². The monoisotopic (exact) mass is 344 g/mol. The van der Waals surface area contributed by atoms with Gasteiger partial charge in [-0.1, -0.05) is 12.1 Å². The maximum Gasteiger partial charge on any atom is 0.317 e. The van der Waals surface area contributed by atoms with Crippen molar-refractivity contribution in [3.05, 3.63) is 54.5 Å². The quantitative estimate of drug-likeness (QED) is 0.845. The molecule has 1 aliphatic rings. The predicted molar refractivity (Wildman–Crippen MR) is 93.3 cm³/mol. The highest BCUT2D eigenvalue weighted by atomic mass is 19.1. The van der Waals surface area contributed by atoms with E-state index < -0.39 is 0 Å². The van der Waals surface area contributed by atoms with Crippen molar-refractivity contribution in [2.45, 2.75) is 0 Å². The minimum Gasteiger partial charge on any atom is -0.492 e. The summed E-state index contributed by atoms with van der Waals surface area (Å²) in [7, 11) is 0. The van der Waals surface area contributed by atoms with Gasteiger partial charge in [-0.25, -0.2) is 14.2 Å². The minimum absolute atomic E-state index is 0.108. The van der Waals surface area contributed by atoms with E-state index in [1.54, 1.807) is 23.2 Å². The van der Waals surface area contributed by atoms with Crippen LogP contribution >= 0.6 is 0 Å². The fourth-order valence-corrected chi connectivity index (χ4v) is 2.67. The summed E-state index contributed by atoms with van der Waals surface area (Å²) in [6.45, 7) is 3.47. The molecule has 1 aromatic carbocycles. The smallest absolute Gasteiger partial charge is 0.317 e. The molecular weight excluding hydrogens is 323 g/mol. The van der Waals surface area contributed by atoms with Crippen LogP contribution in [0.25, 0.3) is 0 Å². The zero-order chi connectivity index (χ0) is 17.5. The Balaban J connectivity index is 1.37. The number of carbonyl (C=O) groups excluding carboxylic acids is 1. The van der Waals surface area contributed by atoms with E-state index in [1.807, 2.05) is 18.2 Å². The van der Waals surface area contributed by atoms with E-state index in [4.69, 9.17) is 4.74 Å². The lowest BCUT2D eigenvalue weighted by Crippen LogP contribution is -2.52. The molecule has 6 nitrogen and oxygen atoms in total. The van der Waals surface area contributed by atoms with Crippen LogP contribution in [0.2, 0.25) is 0 Å². The number of hydrogen-bond acceptors (Lipinski definition) is 4. The van der Waals surface area contributed by atoms with E-state index in [0.29, 0.717) is 32.0 Å². The van der Waals surface area contributed by atoms with Crippen LogP contribution in [0.5, 0.6) is 5.75 Å². The van der Waals surface area contributed by atoms with Crippen molar-refractivity contribution in [3.8, 4) is 5.75 Å². The van der Waals surface area contributed by atoms with Gasteiger partial charge in [-0.3, -0.25) is 0 Å². The van der Waals surface area contributed by atoms with Gasteiger partial charge in [0.05, 0.1) is 6.54 Å². The number of piperazine rings is 1. The molecule has 0 atom stereocenters. The van der Waals surface area contributed by atoms with Crippen molar-refractivity contribution in [2.24, 2.45) is 0 Å². The molecule has 0 aliphatic carbocycles. The second-order valence-corrected chi connectivity index (χ2v) is 5.70. The van der Waals surface area contributed by atoms with Crippen LogP contribution in [0, 0.1) is 5.82 Å². The first-order chi connectivity index (χ1) is 12.2. The summed E-state index contributed by atoms with van der Waals surface area (Å²) in [5.41, 5.74) is 0. The highest BCUT2D eigenvalue weighted by molar-refractivity contribution is 5.74. The molecule has 3 rings (SSSR count). The number of rotatable bonds is 5. The Labute approximate surface area is 146 Å². The predicted octanol–water partition coefficient (Wildman–Crippen LogP) is 2.13. The van der Waals surface area contributed by atoms with Gasteiger partial charge in [0.25, 0.3) is 0 Å². The van der Waals surface area contributed by atoms with E-state index in [9.17, 15) is 9.18 Å². The fourth-order valence-electron chi connectivity index (χ4n) is 2.67. The summed E-state index contributed by atoms with van der Waals surface area (Å²) >= 11 is 0. The Hall–Kier alpha value is -2.83. The number of halogens is 1. The van der Waals surface area contributed by atoms with Crippen molar-refractivity contribution >= 4 is 11.8 Å². The molecule has 0 saturated carbocycles. The largest absolute Gasteiger partial charge is 0.492 e. The number of carbonyl (C=O) groups is 1. The lowest BCUT2D eigenvalue weighted by molar-refractivity contribution is 0.191. The summed E-state index contributed by atoms with van der Waals surface area (Å²) in [6, 6.07) is 11.7. The number of anilines is 1. The third-order valence-corrected chi connectivity index (χ3v) is 3.98. The van der Waals surface area contributed by atoms with E-state index in [0.717, 1.165) is 18.9 Å². The van der Waals surface area contributed by atoms with Gasteiger partial charge in [0.1, 0.15) is 24.0 Å². The van der Waals surface area contributed by atoms with Gasteiger partial charge in [-0.15, -0.1) is 0 Å². The summed E-state index contributed by atoms with van der Waals surface area (Å²) < 4.78 is 18.4.